The van der Waals surface area contributed by atoms with Crippen LogP contribution in [0.4, 0.5) is 9.52 Å². The lowest BCUT2D eigenvalue weighted by Crippen LogP contribution is -2.39. The predicted molar refractivity (Wildman–Crippen MR) is 130 cm³/mol. The average Bonchev–Trinajstić information content (AvgIpc) is 3.28. The number of hydrogen-bond acceptors (Lipinski definition) is 6. The third-order valence-electron chi connectivity index (χ3n) is 5.66. The van der Waals surface area contributed by atoms with Gasteiger partial charge in [0.25, 0.3) is 5.91 Å². The van der Waals surface area contributed by atoms with Crippen LogP contribution in [0.3, 0.4) is 0 Å². The Morgan fingerprint density at radius 1 is 1.18 bits per heavy atom. The molecule has 0 bridgehead atoms. The second-order valence-electron chi connectivity index (χ2n) is 8.07. The van der Waals surface area contributed by atoms with Crippen LogP contribution in [-0.4, -0.2) is 61.8 Å². The first-order valence-corrected chi connectivity index (χ1v) is 12.4. The summed E-state index contributed by atoms with van der Waals surface area (Å²) in [4.78, 5) is 22.0. The number of carbonyl (C=O) groups is 1. The van der Waals surface area contributed by atoms with E-state index in [2.05, 4.69) is 16.8 Å². The van der Waals surface area contributed by atoms with Gasteiger partial charge in [0.05, 0.1) is 24.5 Å². The number of amides is 1. The molecule has 33 heavy (non-hydrogen) atoms. The van der Waals surface area contributed by atoms with Crippen molar-refractivity contribution in [3.63, 3.8) is 0 Å². The summed E-state index contributed by atoms with van der Waals surface area (Å²) in [6.07, 6.45) is 2.85. The Labute approximate surface area is 197 Å². The summed E-state index contributed by atoms with van der Waals surface area (Å²) in [5, 5.41) is 0.519. The quantitative estimate of drug-likeness (QED) is 0.390. The number of aromatic nitrogens is 1. The minimum absolute atomic E-state index is 0.142. The number of thiazole rings is 1. The Morgan fingerprint density at radius 3 is 2.70 bits per heavy atom. The Kier molecular flexibility index (Phi) is 8.25. The molecule has 0 N–H and O–H groups in total. The van der Waals surface area contributed by atoms with Crippen LogP contribution >= 0.6 is 11.3 Å². The summed E-state index contributed by atoms with van der Waals surface area (Å²) in [6, 6.07) is 12.1. The fourth-order valence-corrected chi connectivity index (χ4v) is 4.77. The highest BCUT2D eigenvalue weighted by Crippen LogP contribution is 2.31. The number of fused-ring (bicyclic) bond motifs is 1. The van der Waals surface area contributed by atoms with E-state index < -0.39 is 0 Å². The third-order valence-corrected chi connectivity index (χ3v) is 6.71. The molecule has 6 nitrogen and oxygen atoms in total. The second-order valence-corrected chi connectivity index (χ2v) is 9.08. The zero-order valence-electron chi connectivity index (χ0n) is 19.0. The van der Waals surface area contributed by atoms with Crippen molar-refractivity contribution in [3.8, 4) is 5.75 Å². The Balaban J connectivity index is 1.51. The number of morpholine rings is 1. The molecule has 1 saturated heterocycles. The van der Waals surface area contributed by atoms with Gasteiger partial charge in [-0.15, -0.1) is 0 Å². The molecular formula is C25H30FN3O3S. The van der Waals surface area contributed by atoms with E-state index in [1.807, 2.05) is 18.2 Å². The highest BCUT2D eigenvalue weighted by atomic mass is 32.1. The monoisotopic (exact) mass is 471 g/mol. The van der Waals surface area contributed by atoms with Crippen molar-refractivity contribution < 1.29 is 18.7 Å². The Bertz CT molecular complexity index is 1050. The van der Waals surface area contributed by atoms with Crippen molar-refractivity contribution in [3.05, 3.63) is 53.8 Å². The van der Waals surface area contributed by atoms with E-state index >= 15 is 0 Å². The van der Waals surface area contributed by atoms with E-state index in [0.29, 0.717) is 29.4 Å². The molecule has 1 amide bonds. The first-order chi connectivity index (χ1) is 16.2. The van der Waals surface area contributed by atoms with Crippen molar-refractivity contribution in [2.45, 2.75) is 26.2 Å². The van der Waals surface area contributed by atoms with Gasteiger partial charge >= 0.3 is 0 Å². The molecule has 1 aliphatic rings. The van der Waals surface area contributed by atoms with Crippen LogP contribution in [0, 0.1) is 5.82 Å². The van der Waals surface area contributed by atoms with Gasteiger partial charge in [0, 0.05) is 31.7 Å². The van der Waals surface area contributed by atoms with Crippen LogP contribution in [0.25, 0.3) is 10.2 Å². The van der Waals surface area contributed by atoms with E-state index in [1.165, 1.54) is 17.4 Å². The van der Waals surface area contributed by atoms with E-state index in [1.54, 1.807) is 23.1 Å². The molecule has 0 spiro atoms. The molecule has 4 rings (SSSR count). The van der Waals surface area contributed by atoms with E-state index in [-0.39, 0.29) is 11.7 Å². The van der Waals surface area contributed by atoms with Crippen LogP contribution in [0.5, 0.6) is 5.75 Å². The molecule has 0 atom stereocenters. The number of benzene rings is 2. The number of ether oxygens (including phenoxy) is 2. The SMILES string of the molecule is CCCCOc1ccc(C(=O)N(CCCN2CCOCC2)c2nc3c(F)cccc3s2)cc1. The summed E-state index contributed by atoms with van der Waals surface area (Å²) in [6.45, 7) is 7.45. The molecule has 8 heteroatoms. The summed E-state index contributed by atoms with van der Waals surface area (Å²) in [5.74, 6) is 0.238. The number of para-hydroxylation sites is 1. The zero-order valence-corrected chi connectivity index (χ0v) is 19.8. The Morgan fingerprint density at radius 2 is 1.97 bits per heavy atom. The maximum atomic E-state index is 14.3. The van der Waals surface area contributed by atoms with Crippen LogP contribution < -0.4 is 9.64 Å². The molecule has 0 aliphatic carbocycles. The second kappa shape index (κ2) is 11.5. The number of anilines is 1. The molecule has 176 valence electrons. The minimum Gasteiger partial charge on any atom is -0.494 e. The van der Waals surface area contributed by atoms with Gasteiger partial charge in [0.15, 0.2) is 5.13 Å². The van der Waals surface area contributed by atoms with Crippen LogP contribution in [-0.2, 0) is 4.74 Å². The van der Waals surface area contributed by atoms with Gasteiger partial charge in [-0.2, -0.15) is 0 Å². The number of halogens is 1. The minimum atomic E-state index is -0.371. The summed E-state index contributed by atoms with van der Waals surface area (Å²) < 4.78 is 26.1. The van der Waals surface area contributed by atoms with Crippen molar-refractivity contribution in [2.75, 3.05) is 50.9 Å². The first-order valence-electron chi connectivity index (χ1n) is 11.6. The lowest BCUT2D eigenvalue weighted by molar-refractivity contribution is 0.0376. The fourth-order valence-electron chi connectivity index (χ4n) is 3.76. The van der Waals surface area contributed by atoms with Gasteiger partial charge in [-0.3, -0.25) is 14.6 Å². The smallest absolute Gasteiger partial charge is 0.260 e. The van der Waals surface area contributed by atoms with Gasteiger partial charge in [0.1, 0.15) is 17.1 Å². The number of carbonyl (C=O) groups excluding carboxylic acids is 1. The van der Waals surface area contributed by atoms with E-state index in [4.69, 9.17) is 9.47 Å². The van der Waals surface area contributed by atoms with Crippen LogP contribution in [0.1, 0.15) is 36.5 Å². The molecular weight excluding hydrogens is 441 g/mol. The van der Waals surface area contributed by atoms with Crippen molar-refractivity contribution in [1.82, 2.24) is 9.88 Å². The molecule has 1 aromatic heterocycles. The number of hydrogen-bond donors (Lipinski definition) is 0. The van der Waals surface area contributed by atoms with Crippen LogP contribution in [0.15, 0.2) is 42.5 Å². The fraction of sp³-hybridized carbons (Fsp3) is 0.440. The molecule has 1 aliphatic heterocycles. The molecule has 0 radical (unpaired) electrons. The van der Waals surface area contributed by atoms with Crippen LogP contribution in [0.2, 0.25) is 0 Å². The highest BCUT2D eigenvalue weighted by Gasteiger charge is 2.22. The lowest BCUT2D eigenvalue weighted by atomic mass is 10.2. The standard InChI is InChI=1S/C25H30FN3O3S/c1-2-3-16-32-20-10-8-19(9-11-20)24(30)29(13-5-12-28-14-17-31-18-15-28)25-27-23-21(26)6-4-7-22(23)33-25/h4,6-11H,2-3,5,12-18H2,1H3. The molecule has 3 aromatic rings. The molecule has 2 aromatic carbocycles. The van der Waals surface area contributed by atoms with Gasteiger partial charge in [-0.05, 0) is 49.2 Å². The summed E-state index contributed by atoms with van der Waals surface area (Å²) >= 11 is 1.34. The lowest BCUT2D eigenvalue weighted by Gasteiger charge is -2.27. The van der Waals surface area contributed by atoms with E-state index in [9.17, 15) is 9.18 Å². The van der Waals surface area contributed by atoms with E-state index in [0.717, 1.165) is 62.6 Å². The van der Waals surface area contributed by atoms with Gasteiger partial charge in [-0.25, -0.2) is 9.37 Å². The normalized spacial score (nSPS) is 14.5. The molecule has 2 heterocycles. The summed E-state index contributed by atoms with van der Waals surface area (Å²) in [7, 11) is 0. The maximum Gasteiger partial charge on any atom is 0.260 e. The summed E-state index contributed by atoms with van der Waals surface area (Å²) in [5.41, 5.74) is 0.868. The number of rotatable bonds is 10. The highest BCUT2D eigenvalue weighted by molar-refractivity contribution is 7.22. The third kappa shape index (κ3) is 6.07. The molecule has 0 unspecified atom stereocenters. The zero-order chi connectivity index (χ0) is 23.0. The molecule has 1 fully saturated rings. The molecule has 0 saturated carbocycles. The van der Waals surface area contributed by atoms with Crippen molar-refractivity contribution in [2.24, 2.45) is 0 Å². The van der Waals surface area contributed by atoms with Gasteiger partial charge < -0.3 is 9.47 Å². The van der Waals surface area contributed by atoms with Crippen molar-refractivity contribution >= 4 is 32.6 Å². The topological polar surface area (TPSA) is 54.9 Å². The predicted octanol–water partition coefficient (Wildman–Crippen LogP) is 4.98. The maximum absolute atomic E-state index is 14.3. The largest absolute Gasteiger partial charge is 0.494 e. The first kappa shape index (κ1) is 23.6. The Hall–Kier alpha value is -2.55. The number of unbranched alkanes of at least 4 members (excludes halogenated alkanes) is 1. The average molecular weight is 472 g/mol. The van der Waals surface area contributed by atoms with Gasteiger partial charge in [-0.1, -0.05) is 30.7 Å². The van der Waals surface area contributed by atoms with Crippen molar-refractivity contribution in [1.29, 1.82) is 0 Å². The van der Waals surface area contributed by atoms with Gasteiger partial charge in [0.2, 0.25) is 0 Å². The number of nitrogens with zero attached hydrogens (tertiary/aromatic N) is 3.